The summed E-state index contributed by atoms with van der Waals surface area (Å²) in [4.78, 5) is 28.1. The molecule has 1 N–H and O–H groups in total. The summed E-state index contributed by atoms with van der Waals surface area (Å²) >= 11 is 0. The molecule has 4 nitrogen and oxygen atoms in total. The van der Waals surface area contributed by atoms with Crippen LogP contribution >= 0.6 is 0 Å². The van der Waals surface area contributed by atoms with Gasteiger partial charge in [-0.1, -0.05) is 36.4 Å². The molecule has 1 aliphatic heterocycles. The summed E-state index contributed by atoms with van der Waals surface area (Å²) < 4.78 is 13.6. The highest BCUT2D eigenvalue weighted by Crippen LogP contribution is 2.43. The Morgan fingerprint density at radius 3 is 2.57 bits per heavy atom. The summed E-state index contributed by atoms with van der Waals surface area (Å²) in [7, 11) is 0. The predicted molar refractivity (Wildman–Crippen MR) is 137 cm³/mol. The topological polar surface area (TPSA) is 49.4 Å². The molecule has 1 heterocycles. The minimum Gasteiger partial charge on any atom is -0.322 e. The number of rotatable bonds is 3. The summed E-state index contributed by atoms with van der Waals surface area (Å²) in [6.45, 7) is 2.43. The lowest BCUT2D eigenvalue weighted by molar-refractivity contribution is 0.0983. The van der Waals surface area contributed by atoms with Crippen LogP contribution < -0.4 is 10.2 Å². The number of carbonyl (C=O) groups excluding carboxylic acids is 2. The molecule has 1 atom stereocenters. The van der Waals surface area contributed by atoms with Crippen LogP contribution in [0.1, 0.15) is 57.5 Å². The molecular formula is C30H29FN2O2. The van der Waals surface area contributed by atoms with Crippen molar-refractivity contribution >= 4 is 23.2 Å². The number of amides is 2. The normalized spacial score (nSPS) is 19.2. The number of hydrogen-bond acceptors (Lipinski definition) is 2. The third-order valence-corrected chi connectivity index (χ3v) is 7.25. The first-order chi connectivity index (χ1) is 16.9. The molecule has 1 spiro atoms. The monoisotopic (exact) mass is 468 g/mol. The molecule has 0 bridgehead atoms. The molecule has 0 saturated heterocycles. The van der Waals surface area contributed by atoms with E-state index in [0.717, 1.165) is 31.4 Å². The van der Waals surface area contributed by atoms with Crippen molar-refractivity contribution in [1.82, 2.24) is 0 Å². The van der Waals surface area contributed by atoms with Crippen molar-refractivity contribution in [2.45, 2.75) is 39.0 Å². The molecule has 1 unspecified atom stereocenters. The van der Waals surface area contributed by atoms with Gasteiger partial charge in [-0.05, 0) is 98.0 Å². The van der Waals surface area contributed by atoms with Gasteiger partial charge < -0.3 is 10.2 Å². The number of carbonyl (C=O) groups is 2. The highest BCUT2D eigenvalue weighted by atomic mass is 19.1. The zero-order valence-corrected chi connectivity index (χ0v) is 19.9. The smallest absolute Gasteiger partial charge is 0.258 e. The molecule has 0 saturated carbocycles. The van der Waals surface area contributed by atoms with Crippen molar-refractivity contribution in [2.24, 2.45) is 5.41 Å². The highest BCUT2D eigenvalue weighted by molar-refractivity contribution is 6.08. The Kier molecular flexibility index (Phi) is 6.25. The van der Waals surface area contributed by atoms with E-state index in [1.54, 1.807) is 37.3 Å². The maximum Gasteiger partial charge on any atom is 0.258 e. The Bertz CT molecular complexity index is 1300. The van der Waals surface area contributed by atoms with E-state index < -0.39 is 5.82 Å². The van der Waals surface area contributed by atoms with E-state index in [2.05, 4.69) is 23.5 Å². The minimum atomic E-state index is -0.454. The summed E-state index contributed by atoms with van der Waals surface area (Å²) in [5.74, 6) is -0.883. The number of halogens is 1. The Hall–Kier alpha value is -3.73. The van der Waals surface area contributed by atoms with Crippen LogP contribution in [-0.4, -0.2) is 18.4 Å². The Balaban J connectivity index is 1.36. The molecule has 0 aromatic heterocycles. The second-order valence-electron chi connectivity index (χ2n) is 9.66. The van der Waals surface area contributed by atoms with Crippen LogP contribution in [0, 0.1) is 18.2 Å². The predicted octanol–water partition coefficient (Wildman–Crippen LogP) is 6.71. The third kappa shape index (κ3) is 4.76. The zero-order chi connectivity index (χ0) is 24.4. The van der Waals surface area contributed by atoms with E-state index >= 15 is 0 Å². The van der Waals surface area contributed by atoms with E-state index in [0.29, 0.717) is 23.4 Å². The Morgan fingerprint density at radius 2 is 1.80 bits per heavy atom. The van der Waals surface area contributed by atoms with Crippen LogP contribution in [0.4, 0.5) is 15.8 Å². The lowest BCUT2D eigenvalue weighted by Gasteiger charge is -2.32. The van der Waals surface area contributed by atoms with E-state index in [1.807, 2.05) is 23.1 Å². The van der Waals surface area contributed by atoms with Crippen molar-refractivity contribution in [1.29, 1.82) is 0 Å². The molecule has 2 aliphatic rings. The van der Waals surface area contributed by atoms with Gasteiger partial charge in [0.05, 0.1) is 0 Å². The number of nitrogens with one attached hydrogen (secondary N) is 1. The van der Waals surface area contributed by atoms with Crippen molar-refractivity contribution < 1.29 is 14.0 Å². The highest BCUT2D eigenvalue weighted by Gasteiger charge is 2.35. The standard InChI is InChI=1S/C30H29FN2O2/c1-21-9-12-24(31)19-26(21)28(34)32-25-13-10-22(11-14-25)29(35)33-18-17-30(15-5-2-6-16-30)20-23-7-3-4-8-27(23)33/h3-5,7-15,19H,2,6,16-18,20H2,1H3,(H,32,34). The molecule has 0 radical (unpaired) electrons. The number of hydrogen-bond donors (Lipinski definition) is 1. The lowest BCUT2D eigenvalue weighted by atomic mass is 9.72. The summed E-state index contributed by atoms with van der Waals surface area (Å²) in [5, 5.41) is 2.80. The number of aryl methyl sites for hydroxylation is 1. The van der Waals surface area contributed by atoms with Crippen molar-refractivity contribution in [2.75, 3.05) is 16.8 Å². The largest absolute Gasteiger partial charge is 0.322 e. The van der Waals surface area contributed by atoms with Gasteiger partial charge in [0.15, 0.2) is 0 Å². The second kappa shape index (κ2) is 9.49. The first kappa shape index (κ1) is 23.0. The van der Waals surface area contributed by atoms with E-state index in [4.69, 9.17) is 0 Å². The average molecular weight is 469 g/mol. The van der Waals surface area contributed by atoms with Gasteiger partial charge in [0.1, 0.15) is 5.82 Å². The number of allylic oxidation sites excluding steroid dienone is 2. The average Bonchev–Trinajstić information content (AvgIpc) is 3.02. The zero-order valence-electron chi connectivity index (χ0n) is 19.9. The van der Waals surface area contributed by atoms with Crippen LogP contribution in [0.5, 0.6) is 0 Å². The SMILES string of the molecule is Cc1ccc(F)cc1C(=O)Nc1ccc(C(=O)N2CCC3(C=CCCC3)Cc3ccccc32)cc1. The van der Waals surface area contributed by atoms with Crippen LogP contribution in [0.15, 0.2) is 78.9 Å². The summed E-state index contributed by atoms with van der Waals surface area (Å²) in [5.41, 5.74) is 4.41. The molecular weight excluding hydrogens is 439 g/mol. The first-order valence-electron chi connectivity index (χ1n) is 12.2. The van der Waals surface area contributed by atoms with Gasteiger partial charge in [0, 0.05) is 29.0 Å². The van der Waals surface area contributed by atoms with Crippen molar-refractivity contribution in [3.63, 3.8) is 0 Å². The van der Waals surface area contributed by atoms with Crippen molar-refractivity contribution in [3.05, 3.63) is 107 Å². The third-order valence-electron chi connectivity index (χ3n) is 7.25. The van der Waals surface area contributed by atoms with E-state index in [9.17, 15) is 14.0 Å². The van der Waals surface area contributed by atoms with Crippen LogP contribution in [0.2, 0.25) is 0 Å². The molecule has 2 amide bonds. The number of benzene rings is 3. The van der Waals surface area contributed by atoms with Crippen LogP contribution in [0.25, 0.3) is 0 Å². The Labute approximate surface area is 205 Å². The van der Waals surface area contributed by atoms with Crippen molar-refractivity contribution in [3.8, 4) is 0 Å². The van der Waals surface area contributed by atoms with Gasteiger partial charge >= 0.3 is 0 Å². The molecule has 1 aliphatic carbocycles. The fourth-order valence-corrected chi connectivity index (χ4v) is 5.29. The van der Waals surface area contributed by atoms with E-state index in [1.165, 1.54) is 24.1 Å². The second-order valence-corrected chi connectivity index (χ2v) is 9.66. The quantitative estimate of drug-likeness (QED) is 0.435. The number of fused-ring (bicyclic) bond motifs is 1. The number of anilines is 2. The van der Waals surface area contributed by atoms with Crippen LogP contribution in [-0.2, 0) is 6.42 Å². The number of nitrogens with zero attached hydrogens (tertiary/aromatic N) is 1. The lowest BCUT2D eigenvalue weighted by Crippen LogP contribution is -2.33. The summed E-state index contributed by atoms with van der Waals surface area (Å²) in [6, 6.07) is 19.3. The van der Waals surface area contributed by atoms with Gasteiger partial charge in [0.25, 0.3) is 11.8 Å². The maximum atomic E-state index is 13.6. The number of para-hydroxylation sites is 1. The van der Waals surface area contributed by atoms with Gasteiger partial charge in [-0.15, -0.1) is 0 Å². The molecule has 5 heteroatoms. The molecule has 178 valence electrons. The summed E-state index contributed by atoms with van der Waals surface area (Å²) in [6.07, 6.45) is 10.0. The van der Waals surface area contributed by atoms with Gasteiger partial charge in [-0.2, -0.15) is 0 Å². The Morgan fingerprint density at radius 1 is 1.00 bits per heavy atom. The molecule has 5 rings (SSSR count). The molecule has 3 aromatic carbocycles. The first-order valence-corrected chi connectivity index (χ1v) is 12.2. The fraction of sp³-hybridized carbons (Fsp3) is 0.267. The van der Waals surface area contributed by atoms with Gasteiger partial charge in [-0.25, -0.2) is 4.39 Å². The van der Waals surface area contributed by atoms with Gasteiger partial charge in [-0.3, -0.25) is 9.59 Å². The minimum absolute atomic E-state index is 0.0480. The molecule has 3 aromatic rings. The van der Waals surface area contributed by atoms with E-state index in [-0.39, 0.29) is 22.8 Å². The fourth-order valence-electron chi connectivity index (χ4n) is 5.29. The van der Waals surface area contributed by atoms with Gasteiger partial charge in [0.2, 0.25) is 0 Å². The molecule has 0 fully saturated rings. The van der Waals surface area contributed by atoms with Crippen LogP contribution in [0.3, 0.4) is 0 Å². The maximum absolute atomic E-state index is 13.6. The molecule has 35 heavy (non-hydrogen) atoms.